The summed E-state index contributed by atoms with van der Waals surface area (Å²) in [6, 6.07) is 15.3. The Morgan fingerprint density at radius 2 is 1.97 bits per heavy atom. The summed E-state index contributed by atoms with van der Waals surface area (Å²) in [6.45, 7) is 0. The first-order chi connectivity index (χ1) is 16.0. The van der Waals surface area contributed by atoms with Gasteiger partial charge in [-0.15, -0.1) is 11.3 Å². The number of nitrogens with zero attached hydrogens (tertiary/aromatic N) is 2. The maximum Gasteiger partial charge on any atom is 0.271 e. The first-order valence-corrected chi connectivity index (χ1v) is 12.8. The van der Waals surface area contributed by atoms with Crippen LogP contribution in [0.5, 0.6) is 5.75 Å². The van der Waals surface area contributed by atoms with E-state index in [1.807, 2.05) is 17.5 Å². The van der Waals surface area contributed by atoms with Gasteiger partial charge < -0.3 is 5.11 Å². The molecule has 0 saturated heterocycles. The Hall–Kier alpha value is -2.64. The summed E-state index contributed by atoms with van der Waals surface area (Å²) in [6.07, 6.45) is 3.41. The summed E-state index contributed by atoms with van der Waals surface area (Å²) in [4.78, 5) is 20.4. The van der Waals surface area contributed by atoms with Crippen LogP contribution in [0.4, 0.5) is 0 Å². The van der Waals surface area contributed by atoms with E-state index in [1.54, 1.807) is 28.0 Å². The van der Waals surface area contributed by atoms with Gasteiger partial charge >= 0.3 is 0 Å². The third-order valence-corrected chi connectivity index (χ3v) is 8.44. The van der Waals surface area contributed by atoms with Crippen molar-refractivity contribution in [3.05, 3.63) is 111 Å². The second-order valence-corrected chi connectivity index (χ2v) is 10.8. The quantitative estimate of drug-likeness (QED) is 0.392. The second kappa shape index (κ2) is 7.99. The molecule has 1 atom stereocenters. The second-order valence-electron chi connectivity index (χ2n) is 7.95. The number of rotatable bonds is 2. The molecule has 2 aliphatic rings. The van der Waals surface area contributed by atoms with Crippen LogP contribution < -0.4 is 14.9 Å². The minimum Gasteiger partial charge on any atom is -0.506 e. The summed E-state index contributed by atoms with van der Waals surface area (Å²) < 4.78 is 2.26. The zero-order chi connectivity index (χ0) is 22.7. The fourth-order valence-electron chi connectivity index (χ4n) is 4.56. The van der Waals surface area contributed by atoms with Crippen molar-refractivity contribution in [1.82, 2.24) is 4.57 Å². The number of halogens is 2. The Kier molecular flexibility index (Phi) is 5.07. The molecule has 1 aliphatic carbocycles. The zero-order valence-electron chi connectivity index (χ0n) is 17.1. The van der Waals surface area contributed by atoms with Gasteiger partial charge in [-0.1, -0.05) is 64.9 Å². The van der Waals surface area contributed by atoms with E-state index in [0.717, 1.165) is 29.0 Å². The molecule has 2 aromatic carbocycles. The van der Waals surface area contributed by atoms with E-state index in [0.29, 0.717) is 19.9 Å². The third-order valence-electron chi connectivity index (χ3n) is 6.03. The van der Waals surface area contributed by atoms with E-state index < -0.39 is 0 Å². The number of hydrogen-bond donors (Lipinski definition) is 1. The molecule has 0 fully saturated rings. The summed E-state index contributed by atoms with van der Waals surface area (Å²) >= 11 is 15.2. The first-order valence-electron chi connectivity index (χ1n) is 10.4. The van der Waals surface area contributed by atoms with Gasteiger partial charge in [-0.2, -0.15) is 0 Å². The van der Waals surface area contributed by atoms with Gasteiger partial charge in [0.25, 0.3) is 5.56 Å². The van der Waals surface area contributed by atoms with Gasteiger partial charge in [0.05, 0.1) is 21.3 Å². The number of aromatic hydroxyl groups is 1. The highest BCUT2D eigenvalue weighted by atomic mass is 35.5. The van der Waals surface area contributed by atoms with Gasteiger partial charge in [-0.25, -0.2) is 4.99 Å². The van der Waals surface area contributed by atoms with Crippen LogP contribution in [0.15, 0.2) is 69.3 Å². The van der Waals surface area contributed by atoms with E-state index >= 15 is 0 Å². The molecule has 3 heterocycles. The summed E-state index contributed by atoms with van der Waals surface area (Å²) in [7, 11) is 0. The van der Waals surface area contributed by atoms with Crippen molar-refractivity contribution >= 4 is 57.6 Å². The van der Waals surface area contributed by atoms with Crippen molar-refractivity contribution in [2.45, 2.75) is 18.9 Å². The molecule has 1 aliphatic heterocycles. The van der Waals surface area contributed by atoms with Crippen molar-refractivity contribution in [2.24, 2.45) is 4.99 Å². The number of thiophene rings is 1. The maximum atomic E-state index is 13.6. The normalized spacial score (nSPS) is 17.4. The van der Waals surface area contributed by atoms with E-state index in [1.165, 1.54) is 28.5 Å². The number of fused-ring (bicyclic) bond motifs is 3. The lowest BCUT2D eigenvalue weighted by molar-refractivity contribution is 0.474. The number of phenolic OH excluding ortho intramolecular Hbond substituents is 1. The van der Waals surface area contributed by atoms with Gasteiger partial charge in [0.15, 0.2) is 4.80 Å². The van der Waals surface area contributed by atoms with Crippen molar-refractivity contribution in [3.8, 4) is 5.75 Å². The Morgan fingerprint density at radius 3 is 2.79 bits per heavy atom. The average Bonchev–Trinajstić information content (AvgIpc) is 3.44. The molecule has 164 valence electrons. The van der Waals surface area contributed by atoms with Gasteiger partial charge in [-0.3, -0.25) is 9.36 Å². The average molecular weight is 511 g/mol. The van der Waals surface area contributed by atoms with Crippen molar-refractivity contribution in [3.63, 3.8) is 0 Å². The molecule has 2 aromatic heterocycles. The standard InChI is InChI=1S/C25H16Cl2N2O2S2/c26-15-10-14(23(30)18(27)12-15)11-20-24(31)29-22(19-6-3-9-32-19)17-8-7-13-4-1-2-5-16(13)21(17)28-25(29)33-20/h1-6,9-12,22,30H,7-8H2. The van der Waals surface area contributed by atoms with Crippen molar-refractivity contribution in [2.75, 3.05) is 0 Å². The molecular formula is C25H16Cl2N2O2S2. The maximum absolute atomic E-state index is 13.6. The lowest BCUT2D eigenvalue weighted by atomic mass is 9.85. The van der Waals surface area contributed by atoms with E-state index in [-0.39, 0.29) is 22.4 Å². The van der Waals surface area contributed by atoms with E-state index in [4.69, 9.17) is 28.2 Å². The van der Waals surface area contributed by atoms with Crippen LogP contribution in [0.1, 0.15) is 34.0 Å². The molecule has 0 bridgehead atoms. The van der Waals surface area contributed by atoms with Crippen LogP contribution in [0.25, 0.3) is 11.8 Å². The first kappa shape index (κ1) is 20.9. The Morgan fingerprint density at radius 1 is 1.12 bits per heavy atom. The molecule has 4 nitrogen and oxygen atoms in total. The van der Waals surface area contributed by atoms with Crippen LogP contribution in [0.2, 0.25) is 10.0 Å². The number of aromatic nitrogens is 1. The fourth-order valence-corrected chi connectivity index (χ4v) is 6.90. The molecule has 0 spiro atoms. The zero-order valence-corrected chi connectivity index (χ0v) is 20.2. The highest BCUT2D eigenvalue weighted by Gasteiger charge is 2.33. The van der Waals surface area contributed by atoms with Crippen LogP contribution in [-0.2, 0) is 6.42 Å². The van der Waals surface area contributed by atoms with Gasteiger partial charge in [0.1, 0.15) is 5.75 Å². The van der Waals surface area contributed by atoms with Crippen LogP contribution in [0.3, 0.4) is 0 Å². The Balaban J connectivity index is 1.63. The van der Waals surface area contributed by atoms with E-state index in [2.05, 4.69) is 24.3 Å². The van der Waals surface area contributed by atoms with Crippen molar-refractivity contribution < 1.29 is 5.11 Å². The molecule has 0 radical (unpaired) electrons. The minimum atomic E-state index is -0.191. The topological polar surface area (TPSA) is 54.6 Å². The van der Waals surface area contributed by atoms with Crippen LogP contribution in [-0.4, -0.2) is 9.67 Å². The molecule has 8 heteroatoms. The lowest BCUT2D eigenvalue weighted by Crippen LogP contribution is -2.38. The smallest absolute Gasteiger partial charge is 0.271 e. The lowest BCUT2D eigenvalue weighted by Gasteiger charge is -2.30. The number of aryl methyl sites for hydroxylation is 1. The van der Waals surface area contributed by atoms with Crippen LogP contribution >= 0.6 is 45.9 Å². The number of hydrogen-bond acceptors (Lipinski definition) is 5. The van der Waals surface area contributed by atoms with Crippen LogP contribution in [0, 0.1) is 0 Å². The van der Waals surface area contributed by atoms with Gasteiger partial charge in [-0.05, 0) is 53.6 Å². The SMILES string of the molecule is O=c1c(=Cc2cc(Cl)cc(Cl)c2O)sc2n1C(c1cccs1)C1=C(N=2)c2ccccc2CC1. The minimum absolute atomic E-state index is 0.102. The third kappa shape index (κ3) is 3.40. The van der Waals surface area contributed by atoms with Crippen molar-refractivity contribution in [1.29, 1.82) is 0 Å². The van der Waals surface area contributed by atoms with Gasteiger partial charge in [0.2, 0.25) is 0 Å². The number of benzene rings is 2. The summed E-state index contributed by atoms with van der Waals surface area (Å²) in [5.41, 5.74) is 4.82. The molecule has 1 unspecified atom stereocenters. The Bertz CT molecular complexity index is 1630. The fraction of sp³-hybridized carbons (Fsp3) is 0.120. The molecule has 33 heavy (non-hydrogen) atoms. The number of phenols is 1. The Labute approximate surface area is 207 Å². The predicted octanol–water partition coefficient (Wildman–Crippen LogP) is 5.39. The van der Waals surface area contributed by atoms with Gasteiger partial charge in [0, 0.05) is 21.0 Å². The predicted molar refractivity (Wildman–Crippen MR) is 135 cm³/mol. The summed E-state index contributed by atoms with van der Waals surface area (Å²) in [5.74, 6) is -0.102. The largest absolute Gasteiger partial charge is 0.506 e. The molecule has 4 aromatic rings. The molecule has 1 N–H and O–H groups in total. The highest BCUT2D eigenvalue weighted by molar-refractivity contribution is 7.10. The highest BCUT2D eigenvalue weighted by Crippen LogP contribution is 2.42. The molecule has 6 rings (SSSR count). The molecular weight excluding hydrogens is 495 g/mol. The number of thiazole rings is 1. The molecule has 0 saturated carbocycles. The molecule has 0 amide bonds. The summed E-state index contributed by atoms with van der Waals surface area (Å²) in [5, 5.41) is 13.0. The number of allylic oxidation sites excluding steroid dienone is 1. The monoisotopic (exact) mass is 510 g/mol. The van der Waals surface area contributed by atoms with E-state index in [9.17, 15) is 9.90 Å².